The van der Waals surface area contributed by atoms with Crippen molar-refractivity contribution in [2.24, 2.45) is 0 Å². The van der Waals surface area contributed by atoms with Gasteiger partial charge in [0.25, 0.3) is 0 Å². The van der Waals surface area contributed by atoms with E-state index >= 15 is 0 Å². The van der Waals surface area contributed by atoms with E-state index in [4.69, 9.17) is 4.74 Å². The summed E-state index contributed by atoms with van der Waals surface area (Å²) in [7, 11) is 2.88. The lowest BCUT2D eigenvalue weighted by atomic mass is 9.95. The van der Waals surface area contributed by atoms with Crippen LogP contribution in [0.25, 0.3) is 0 Å². The predicted molar refractivity (Wildman–Crippen MR) is 71.9 cm³/mol. The van der Waals surface area contributed by atoms with Gasteiger partial charge in [0.1, 0.15) is 5.75 Å². The van der Waals surface area contributed by atoms with Crippen molar-refractivity contribution in [1.29, 1.82) is 0 Å². The molecule has 0 saturated heterocycles. The van der Waals surface area contributed by atoms with Gasteiger partial charge in [-0.25, -0.2) is 9.59 Å². The summed E-state index contributed by atoms with van der Waals surface area (Å²) in [5, 5.41) is 12.1. The Morgan fingerprint density at radius 2 is 1.95 bits per heavy atom. The third-order valence-electron chi connectivity index (χ3n) is 3.39. The van der Waals surface area contributed by atoms with Gasteiger partial charge < -0.3 is 20.1 Å². The molecule has 6 heteroatoms. The Balaban J connectivity index is 2.51. The lowest BCUT2D eigenvalue weighted by Gasteiger charge is -2.33. The SMILES string of the molecule is COC(=O)C1=C(C)N(C)C(=O)N[C@H]1c1ccc(O)cc1. The minimum Gasteiger partial charge on any atom is -0.508 e. The van der Waals surface area contributed by atoms with Crippen LogP contribution in [0.1, 0.15) is 18.5 Å². The summed E-state index contributed by atoms with van der Waals surface area (Å²) in [5.74, 6) is -0.374. The molecule has 0 aliphatic carbocycles. The van der Waals surface area contributed by atoms with Gasteiger partial charge in [-0.15, -0.1) is 0 Å². The summed E-state index contributed by atoms with van der Waals surface area (Å²) < 4.78 is 4.79. The number of rotatable bonds is 2. The maximum Gasteiger partial charge on any atom is 0.337 e. The molecule has 6 nitrogen and oxygen atoms in total. The summed E-state index contributed by atoms with van der Waals surface area (Å²) in [6, 6.07) is 5.43. The molecule has 2 amide bonds. The molecule has 1 aliphatic rings. The van der Waals surface area contributed by atoms with Gasteiger partial charge in [0.2, 0.25) is 0 Å². The maximum absolute atomic E-state index is 12.0. The number of hydrogen-bond acceptors (Lipinski definition) is 4. The van der Waals surface area contributed by atoms with Crippen molar-refractivity contribution < 1.29 is 19.4 Å². The molecule has 0 bridgehead atoms. The van der Waals surface area contributed by atoms with Gasteiger partial charge in [-0.05, 0) is 24.6 Å². The molecular formula is C14H16N2O4. The summed E-state index contributed by atoms with van der Waals surface area (Å²) in [6.07, 6.45) is 0. The van der Waals surface area contributed by atoms with Gasteiger partial charge in [-0.2, -0.15) is 0 Å². The van der Waals surface area contributed by atoms with E-state index < -0.39 is 12.0 Å². The standard InChI is InChI=1S/C14H16N2O4/c1-8-11(13(18)20-3)12(15-14(19)16(8)2)9-4-6-10(17)7-5-9/h4-7,12,17H,1-3H3,(H,15,19)/t12-/m0/s1. The van der Waals surface area contributed by atoms with E-state index in [9.17, 15) is 14.7 Å². The number of phenols is 1. The first-order valence-corrected chi connectivity index (χ1v) is 6.08. The molecule has 1 aromatic rings. The van der Waals surface area contributed by atoms with E-state index in [2.05, 4.69) is 5.32 Å². The zero-order chi connectivity index (χ0) is 14.9. The van der Waals surface area contributed by atoms with Crippen molar-refractivity contribution in [3.63, 3.8) is 0 Å². The van der Waals surface area contributed by atoms with Crippen LogP contribution in [0.4, 0.5) is 4.79 Å². The quantitative estimate of drug-likeness (QED) is 0.803. The van der Waals surface area contributed by atoms with Crippen LogP contribution in [-0.2, 0) is 9.53 Å². The molecule has 106 valence electrons. The fourth-order valence-corrected chi connectivity index (χ4v) is 2.13. The Morgan fingerprint density at radius 3 is 2.50 bits per heavy atom. The van der Waals surface area contributed by atoms with Crippen molar-refractivity contribution in [2.45, 2.75) is 13.0 Å². The lowest BCUT2D eigenvalue weighted by Crippen LogP contribution is -2.46. The summed E-state index contributed by atoms with van der Waals surface area (Å²) >= 11 is 0. The number of urea groups is 1. The third-order valence-corrected chi connectivity index (χ3v) is 3.39. The molecule has 1 atom stereocenters. The Bertz CT molecular complexity index is 577. The highest BCUT2D eigenvalue weighted by molar-refractivity contribution is 5.94. The molecule has 1 aromatic carbocycles. The Morgan fingerprint density at radius 1 is 1.35 bits per heavy atom. The number of allylic oxidation sites excluding steroid dienone is 1. The van der Waals surface area contributed by atoms with Crippen molar-refractivity contribution >= 4 is 12.0 Å². The van der Waals surface area contributed by atoms with Gasteiger partial charge in [-0.1, -0.05) is 12.1 Å². The van der Waals surface area contributed by atoms with Crippen LogP contribution in [-0.4, -0.2) is 36.2 Å². The number of nitrogens with one attached hydrogen (secondary N) is 1. The maximum atomic E-state index is 12.0. The molecule has 0 aromatic heterocycles. The molecule has 0 spiro atoms. The van der Waals surface area contributed by atoms with Crippen molar-refractivity contribution in [1.82, 2.24) is 10.2 Å². The van der Waals surface area contributed by atoms with Gasteiger partial charge in [0.05, 0.1) is 18.7 Å². The number of carbonyl (C=O) groups excluding carboxylic acids is 2. The average molecular weight is 276 g/mol. The van der Waals surface area contributed by atoms with Crippen molar-refractivity contribution in [2.75, 3.05) is 14.2 Å². The monoisotopic (exact) mass is 276 g/mol. The Labute approximate surface area is 116 Å². The Hall–Kier alpha value is -2.50. The Kier molecular flexibility index (Phi) is 3.65. The molecule has 1 aliphatic heterocycles. The van der Waals surface area contributed by atoms with E-state index in [1.165, 1.54) is 24.1 Å². The highest BCUT2D eigenvalue weighted by Gasteiger charge is 2.34. The van der Waals surface area contributed by atoms with Crippen molar-refractivity contribution in [3.05, 3.63) is 41.1 Å². The number of hydrogen-bond donors (Lipinski definition) is 2. The molecule has 20 heavy (non-hydrogen) atoms. The largest absolute Gasteiger partial charge is 0.508 e. The van der Waals surface area contributed by atoms with Gasteiger partial charge in [0.15, 0.2) is 0 Å². The van der Waals surface area contributed by atoms with Crippen LogP contribution in [0.5, 0.6) is 5.75 Å². The van der Waals surface area contributed by atoms with Crippen LogP contribution in [0.3, 0.4) is 0 Å². The third kappa shape index (κ3) is 2.32. The molecule has 0 unspecified atom stereocenters. The minimum atomic E-state index is -0.591. The summed E-state index contributed by atoms with van der Waals surface area (Å²) in [5.41, 5.74) is 1.61. The zero-order valence-electron chi connectivity index (χ0n) is 11.5. The number of ether oxygens (including phenoxy) is 1. The van der Waals surface area contributed by atoms with Crippen LogP contribution in [0, 0.1) is 0 Å². The first-order valence-electron chi connectivity index (χ1n) is 6.08. The molecule has 1 heterocycles. The van der Waals surface area contributed by atoms with E-state index in [1.807, 2.05) is 0 Å². The first kappa shape index (κ1) is 13.9. The highest BCUT2D eigenvalue weighted by atomic mass is 16.5. The van der Waals surface area contributed by atoms with E-state index in [0.717, 1.165) is 0 Å². The van der Waals surface area contributed by atoms with Gasteiger partial charge in [-0.3, -0.25) is 0 Å². The normalized spacial score (nSPS) is 18.9. The van der Waals surface area contributed by atoms with E-state index in [-0.39, 0.29) is 11.8 Å². The van der Waals surface area contributed by atoms with Gasteiger partial charge in [0, 0.05) is 12.7 Å². The molecular weight excluding hydrogens is 260 g/mol. The second kappa shape index (κ2) is 5.24. The highest BCUT2D eigenvalue weighted by Crippen LogP contribution is 2.31. The molecule has 0 radical (unpaired) electrons. The molecule has 0 fully saturated rings. The number of phenolic OH excluding ortho intramolecular Hbond substituents is 1. The van der Waals surface area contributed by atoms with E-state index in [0.29, 0.717) is 16.8 Å². The molecule has 0 saturated carbocycles. The lowest BCUT2D eigenvalue weighted by molar-refractivity contribution is -0.136. The minimum absolute atomic E-state index is 0.119. The van der Waals surface area contributed by atoms with Gasteiger partial charge >= 0.3 is 12.0 Å². The predicted octanol–water partition coefficient (Wildman–Crippen LogP) is 1.54. The van der Waals surface area contributed by atoms with E-state index in [1.54, 1.807) is 26.1 Å². The number of esters is 1. The second-order valence-electron chi connectivity index (χ2n) is 4.52. The summed E-state index contributed by atoms with van der Waals surface area (Å²) in [4.78, 5) is 25.2. The van der Waals surface area contributed by atoms with Crippen LogP contribution < -0.4 is 5.32 Å². The number of aromatic hydroxyl groups is 1. The zero-order valence-corrected chi connectivity index (χ0v) is 11.5. The number of carbonyl (C=O) groups is 2. The topological polar surface area (TPSA) is 78.9 Å². The van der Waals surface area contributed by atoms with Crippen LogP contribution in [0.2, 0.25) is 0 Å². The number of amides is 2. The fourth-order valence-electron chi connectivity index (χ4n) is 2.13. The van der Waals surface area contributed by atoms with Crippen LogP contribution in [0.15, 0.2) is 35.5 Å². The fraction of sp³-hybridized carbons (Fsp3) is 0.286. The summed E-state index contributed by atoms with van der Waals surface area (Å²) in [6.45, 7) is 1.69. The second-order valence-corrected chi connectivity index (χ2v) is 4.52. The van der Waals surface area contributed by atoms with Crippen molar-refractivity contribution in [3.8, 4) is 5.75 Å². The van der Waals surface area contributed by atoms with Crippen LogP contribution >= 0.6 is 0 Å². The number of benzene rings is 1. The average Bonchev–Trinajstić information content (AvgIpc) is 2.44. The number of nitrogens with zero attached hydrogens (tertiary/aromatic N) is 1. The first-order chi connectivity index (χ1) is 9.45. The number of methoxy groups -OCH3 is 1. The molecule has 2 N–H and O–H groups in total. The molecule has 2 rings (SSSR count). The smallest absolute Gasteiger partial charge is 0.337 e.